The van der Waals surface area contributed by atoms with Crippen molar-refractivity contribution in [1.29, 1.82) is 0 Å². The van der Waals surface area contributed by atoms with E-state index < -0.39 is 0 Å². The highest BCUT2D eigenvalue weighted by atomic mass is 79.9. The first kappa shape index (κ1) is 14.7. The van der Waals surface area contributed by atoms with Crippen molar-refractivity contribution in [3.8, 4) is 0 Å². The first-order chi connectivity index (χ1) is 9.17. The van der Waals surface area contributed by atoms with Gasteiger partial charge >= 0.3 is 0 Å². The van der Waals surface area contributed by atoms with Crippen molar-refractivity contribution in [3.63, 3.8) is 0 Å². The largest absolute Gasteiger partial charge is 0.312 e. The lowest BCUT2D eigenvalue weighted by Crippen LogP contribution is -2.32. The van der Waals surface area contributed by atoms with Gasteiger partial charge in [-0.25, -0.2) is 4.98 Å². The van der Waals surface area contributed by atoms with Crippen LogP contribution in [0.25, 0.3) is 0 Å². The topological polar surface area (TPSA) is 42.7 Å². The molecule has 0 aliphatic rings. The Hall–Kier alpha value is -0.720. The van der Waals surface area contributed by atoms with E-state index in [1.54, 1.807) is 0 Å². The van der Waals surface area contributed by atoms with Crippen molar-refractivity contribution in [2.45, 2.75) is 39.3 Å². The Bertz CT molecular complexity index is 508. The summed E-state index contributed by atoms with van der Waals surface area (Å²) in [5.74, 6) is 0. The van der Waals surface area contributed by atoms with E-state index in [9.17, 15) is 0 Å². The number of hydrogen-bond acceptors (Lipinski definition) is 4. The van der Waals surface area contributed by atoms with Gasteiger partial charge in [-0.3, -0.25) is 4.68 Å². The van der Waals surface area contributed by atoms with Crippen LogP contribution in [0, 0.1) is 0 Å². The minimum Gasteiger partial charge on any atom is -0.312 e. The van der Waals surface area contributed by atoms with Crippen LogP contribution < -0.4 is 5.32 Å². The Kier molecular flexibility index (Phi) is 5.54. The molecule has 2 heterocycles. The Morgan fingerprint density at radius 3 is 2.95 bits per heavy atom. The number of nitrogens with zero attached hydrogens (tertiary/aromatic N) is 3. The zero-order valence-corrected chi connectivity index (χ0v) is 13.7. The molecule has 0 bridgehead atoms. The highest BCUT2D eigenvalue weighted by Crippen LogP contribution is 2.13. The maximum Gasteiger partial charge on any atom is 0.0940 e. The maximum absolute atomic E-state index is 4.43. The lowest BCUT2D eigenvalue weighted by atomic mass is 10.3. The van der Waals surface area contributed by atoms with Gasteiger partial charge in [-0.1, -0.05) is 6.92 Å². The molecule has 2 aromatic rings. The Morgan fingerprint density at radius 2 is 2.32 bits per heavy atom. The van der Waals surface area contributed by atoms with Crippen LogP contribution in [-0.4, -0.2) is 27.4 Å². The summed E-state index contributed by atoms with van der Waals surface area (Å²) in [7, 11) is 0. The van der Waals surface area contributed by atoms with Crippen LogP contribution >= 0.6 is 27.3 Å². The Balaban J connectivity index is 1.70. The molecule has 0 unspecified atom stereocenters. The standard InChI is InChI=1S/C13H19BrN4S/c1-3-12-7-16-13(19-12)4-5-15-10(2)8-18-9-11(14)6-17-18/h6-7,9-10,15H,3-5,8H2,1-2H3/t10-/m1/s1. The molecule has 1 atom stereocenters. The third kappa shape index (κ3) is 4.71. The molecule has 1 N–H and O–H groups in total. The molecule has 0 spiro atoms. The second-order valence-electron chi connectivity index (χ2n) is 4.56. The summed E-state index contributed by atoms with van der Waals surface area (Å²) in [6.45, 7) is 6.18. The van der Waals surface area contributed by atoms with Gasteiger partial charge in [0.1, 0.15) is 0 Å². The molecule has 0 saturated carbocycles. The average molecular weight is 343 g/mol. The molecule has 104 valence electrons. The first-order valence-corrected chi connectivity index (χ1v) is 8.13. The molecular formula is C13H19BrN4S. The summed E-state index contributed by atoms with van der Waals surface area (Å²) in [5, 5.41) is 8.98. The molecule has 0 saturated heterocycles. The lowest BCUT2D eigenvalue weighted by molar-refractivity contribution is 0.454. The van der Waals surface area contributed by atoms with Crippen LogP contribution in [0.2, 0.25) is 0 Å². The monoisotopic (exact) mass is 342 g/mol. The molecule has 0 aliphatic carbocycles. The third-order valence-corrected chi connectivity index (χ3v) is 4.46. The molecule has 0 amide bonds. The summed E-state index contributed by atoms with van der Waals surface area (Å²) < 4.78 is 2.97. The van der Waals surface area contributed by atoms with E-state index in [0.717, 1.165) is 30.4 Å². The molecule has 0 aromatic carbocycles. The minimum atomic E-state index is 0.400. The SMILES string of the molecule is CCc1cnc(CCN[C@H](C)Cn2cc(Br)cn2)s1. The van der Waals surface area contributed by atoms with Crippen LogP contribution in [0.3, 0.4) is 0 Å². The Morgan fingerprint density at radius 1 is 1.47 bits per heavy atom. The molecule has 0 radical (unpaired) electrons. The van der Waals surface area contributed by atoms with E-state index in [-0.39, 0.29) is 0 Å². The van der Waals surface area contributed by atoms with Gasteiger partial charge in [-0.2, -0.15) is 5.10 Å². The molecule has 2 rings (SSSR count). The van der Waals surface area contributed by atoms with Crippen molar-refractivity contribution >= 4 is 27.3 Å². The lowest BCUT2D eigenvalue weighted by Gasteiger charge is -2.13. The van der Waals surface area contributed by atoms with Gasteiger partial charge in [0.25, 0.3) is 0 Å². The van der Waals surface area contributed by atoms with Crippen LogP contribution in [-0.2, 0) is 19.4 Å². The summed E-state index contributed by atoms with van der Waals surface area (Å²) >= 11 is 5.22. The molecule has 2 aromatic heterocycles. The zero-order chi connectivity index (χ0) is 13.7. The van der Waals surface area contributed by atoms with E-state index in [1.807, 2.05) is 34.6 Å². The van der Waals surface area contributed by atoms with Crippen LogP contribution in [0.4, 0.5) is 0 Å². The smallest absolute Gasteiger partial charge is 0.0940 e. The second-order valence-corrected chi connectivity index (χ2v) is 6.68. The predicted octanol–water partition coefficient (Wildman–Crippen LogP) is 2.89. The molecule has 4 nitrogen and oxygen atoms in total. The van der Waals surface area contributed by atoms with Crippen molar-refractivity contribution in [1.82, 2.24) is 20.1 Å². The number of aromatic nitrogens is 3. The van der Waals surface area contributed by atoms with E-state index in [4.69, 9.17) is 0 Å². The van der Waals surface area contributed by atoms with Gasteiger partial charge in [-0.15, -0.1) is 11.3 Å². The minimum absolute atomic E-state index is 0.400. The average Bonchev–Trinajstić information content (AvgIpc) is 2.98. The fraction of sp³-hybridized carbons (Fsp3) is 0.538. The maximum atomic E-state index is 4.43. The van der Waals surface area contributed by atoms with Gasteiger partial charge < -0.3 is 5.32 Å². The second kappa shape index (κ2) is 7.17. The highest BCUT2D eigenvalue weighted by Gasteiger charge is 2.05. The quantitative estimate of drug-likeness (QED) is 0.841. The molecular weight excluding hydrogens is 324 g/mol. The van der Waals surface area contributed by atoms with Gasteiger partial charge in [0.15, 0.2) is 0 Å². The highest BCUT2D eigenvalue weighted by molar-refractivity contribution is 9.10. The molecule has 6 heteroatoms. The molecule has 0 aliphatic heterocycles. The fourth-order valence-electron chi connectivity index (χ4n) is 1.84. The van der Waals surface area contributed by atoms with Crippen molar-refractivity contribution < 1.29 is 0 Å². The van der Waals surface area contributed by atoms with E-state index in [0.29, 0.717) is 6.04 Å². The van der Waals surface area contributed by atoms with Gasteiger partial charge in [0, 0.05) is 36.3 Å². The normalized spacial score (nSPS) is 12.8. The van der Waals surface area contributed by atoms with Gasteiger partial charge in [0.2, 0.25) is 0 Å². The number of aryl methyl sites for hydroxylation is 1. The fourth-order valence-corrected chi connectivity index (χ4v) is 3.03. The van der Waals surface area contributed by atoms with Crippen molar-refractivity contribution in [3.05, 3.63) is 32.9 Å². The number of hydrogen-bond donors (Lipinski definition) is 1. The number of rotatable bonds is 7. The van der Waals surface area contributed by atoms with E-state index >= 15 is 0 Å². The summed E-state index contributed by atoms with van der Waals surface area (Å²) in [6, 6.07) is 0.400. The summed E-state index contributed by atoms with van der Waals surface area (Å²) in [6.07, 6.45) is 7.87. The molecule has 19 heavy (non-hydrogen) atoms. The molecule has 0 fully saturated rings. The van der Waals surface area contributed by atoms with E-state index in [2.05, 4.69) is 45.2 Å². The van der Waals surface area contributed by atoms with Crippen molar-refractivity contribution in [2.75, 3.05) is 6.54 Å². The van der Waals surface area contributed by atoms with Crippen LogP contribution in [0.1, 0.15) is 23.7 Å². The Labute approximate surface area is 126 Å². The first-order valence-electron chi connectivity index (χ1n) is 6.52. The van der Waals surface area contributed by atoms with Crippen LogP contribution in [0.5, 0.6) is 0 Å². The number of halogens is 1. The number of nitrogens with one attached hydrogen (secondary N) is 1. The van der Waals surface area contributed by atoms with Crippen LogP contribution in [0.15, 0.2) is 23.1 Å². The number of thiazole rings is 1. The summed E-state index contributed by atoms with van der Waals surface area (Å²) in [4.78, 5) is 5.79. The van der Waals surface area contributed by atoms with Crippen molar-refractivity contribution in [2.24, 2.45) is 0 Å². The van der Waals surface area contributed by atoms with Gasteiger partial charge in [0.05, 0.1) is 22.2 Å². The summed E-state index contributed by atoms with van der Waals surface area (Å²) in [5.41, 5.74) is 0. The zero-order valence-electron chi connectivity index (χ0n) is 11.3. The van der Waals surface area contributed by atoms with Gasteiger partial charge in [-0.05, 0) is 29.3 Å². The predicted molar refractivity (Wildman–Crippen MR) is 82.6 cm³/mol. The van der Waals surface area contributed by atoms with E-state index in [1.165, 1.54) is 9.88 Å². The third-order valence-electron chi connectivity index (χ3n) is 2.84.